The minimum atomic E-state index is 0.522. The highest BCUT2D eigenvalue weighted by molar-refractivity contribution is 5.80. The van der Waals surface area contributed by atoms with Crippen molar-refractivity contribution in [2.24, 2.45) is 5.10 Å². The second-order valence-electron chi connectivity index (χ2n) is 3.85. The predicted molar refractivity (Wildman–Crippen MR) is 74.0 cm³/mol. The molecule has 0 aromatic heterocycles. The molecule has 0 saturated heterocycles. The van der Waals surface area contributed by atoms with Gasteiger partial charge in [-0.15, -0.1) is 0 Å². The number of carbonyl (C=O) groups is 1. The van der Waals surface area contributed by atoms with Gasteiger partial charge in [0.05, 0.1) is 6.21 Å². The molecule has 1 N–H and O–H groups in total. The zero-order valence-corrected chi connectivity index (χ0v) is 10.3. The molecule has 0 fully saturated rings. The molecule has 0 spiro atoms. The van der Waals surface area contributed by atoms with Gasteiger partial charge in [-0.1, -0.05) is 30.3 Å². The van der Waals surface area contributed by atoms with Crippen molar-refractivity contribution in [3.05, 3.63) is 65.7 Å². The summed E-state index contributed by atoms with van der Waals surface area (Å²) in [4.78, 5) is 10.0. The summed E-state index contributed by atoms with van der Waals surface area (Å²) in [5, 5.41) is 3.70. The van der Waals surface area contributed by atoms with Crippen LogP contribution in [0.2, 0.25) is 0 Å². The van der Waals surface area contributed by atoms with Crippen LogP contribution in [0.3, 0.4) is 0 Å². The van der Waals surface area contributed by atoms with Gasteiger partial charge in [-0.25, -0.2) is 5.43 Å². The molecule has 2 aromatic rings. The number of hydrazone groups is 1. The highest BCUT2D eigenvalue weighted by atomic mass is 16.5. The Bertz CT molecular complexity index is 536. The Kier molecular flexibility index (Phi) is 4.70. The van der Waals surface area contributed by atoms with E-state index in [9.17, 15) is 4.79 Å². The van der Waals surface area contributed by atoms with E-state index in [0.717, 1.165) is 16.9 Å². The van der Waals surface area contributed by atoms with Gasteiger partial charge in [0.1, 0.15) is 12.4 Å². The van der Waals surface area contributed by atoms with E-state index in [0.29, 0.717) is 13.0 Å². The van der Waals surface area contributed by atoms with Crippen LogP contribution in [-0.2, 0) is 11.4 Å². The molecule has 1 amide bonds. The van der Waals surface area contributed by atoms with Crippen molar-refractivity contribution in [2.45, 2.75) is 6.61 Å². The maximum absolute atomic E-state index is 10.0. The molecular formula is C15H14N2O2. The van der Waals surface area contributed by atoms with Gasteiger partial charge in [0.25, 0.3) is 0 Å². The monoisotopic (exact) mass is 254 g/mol. The van der Waals surface area contributed by atoms with Crippen molar-refractivity contribution in [1.29, 1.82) is 0 Å². The van der Waals surface area contributed by atoms with Crippen molar-refractivity contribution in [2.75, 3.05) is 0 Å². The lowest BCUT2D eigenvalue weighted by atomic mass is 10.2. The predicted octanol–water partition coefficient (Wildman–Crippen LogP) is 2.35. The number of hydrogen-bond donors (Lipinski definition) is 1. The molecule has 0 unspecified atom stereocenters. The van der Waals surface area contributed by atoms with E-state index in [1.807, 2.05) is 54.6 Å². The highest BCUT2D eigenvalue weighted by Crippen LogP contribution is 2.13. The van der Waals surface area contributed by atoms with E-state index in [1.165, 1.54) is 0 Å². The summed E-state index contributed by atoms with van der Waals surface area (Å²) in [6.45, 7) is 0.543. The minimum Gasteiger partial charge on any atom is -0.489 e. The van der Waals surface area contributed by atoms with Crippen LogP contribution in [0.4, 0.5) is 0 Å². The van der Waals surface area contributed by atoms with Crippen LogP contribution >= 0.6 is 0 Å². The molecule has 0 heterocycles. The zero-order valence-electron chi connectivity index (χ0n) is 10.3. The summed E-state index contributed by atoms with van der Waals surface area (Å²) in [5.74, 6) is 0.796. The Hall–Kier alpha value is -2.62. The molecule has 0 aliphatic heterocycles. The second-order valence-corrected chi connectivity index (χ2v) is 3.85. The Morgan fingerprint density at radius 2 is 1.79 bits per heavy atom. The summed E-state index contributed by atoms with van der Waals surface area (Å²) in [6, 6.07) is 17.5. The molecule has 4 nitrogen and oxygen atoms in total. The van der Waals surface area contributed by atoms with E-state index in [2.05, 4.69) is 10.5 Å². The number of ether oxygens (including phenoxy) is 1. The number of carbonyl (C=O) groups excluding carboxylic acids is 1. The van der Waals surface area contributed by atoms with E-state index < -0.39 is 0 Å². The molecule has 19 heavy (non-hydrogen) atoms. The quantitative estimate of drug-likeness (QED) is 0.488. The third kappa shape index (κ3) is 4.27. The fourth-order valence-electron chi connectivity index (χ4n) is 1.53. The van der Waals surface area contributed by atoms with Crippen LogP contribution in [0.15, 0.2) is 59.7 Å². The lowest BCUT2D eigenvalue weighted by molar-refractivity contribution is -0.109. The van der Waals surface area contributed by atoms with Gasteiger partial charge < -0.3 is 4.74 Å². The van der Waals surface area contributed by atoms with Gasteiger partial charge in [0, 0.05) is 0 Å². The van der Waals surface area contributed by atoms with Crippen LogP contribution < -0.4 is 10.2 Å². The van der Waals surface area contributed by atoms with Crippen LogP contribution in [0.25, 0.3) is 0 Å². The van der Waals surface area contributed by atoms with Gasteiger partial charge in [-0.05, 0) is 35.4 Å². The molecule has 2 aromatic carbocycles. The first kappa shape index (κ1) is 12.8. The molecule has 2 rings (SSSR count). The van der Waals surface area contributed by atoms with Crippen molar-refractivity contribution in [1.82, 2.24) is 5.43 Å². The average Bonchev–Trinajstić information content (AvgIpc) is 2.48. The SMILES string of the molecule is O=CN/N=C\c1ccc(OCc2ccccc2)cc1. The highest BCUT2D eigenvalue weighted by Gasteiger charge is 1.95. The first-order valence-electron chi connectivity index (χ1n) is 5.87. The Morgan fingerprint density at radius 1 is 1.05 bits per heavy atom. The third-order valence-electron chi connectivity index (χ3n) is 2.47. The first-order valence-corrected chi connectivity index (χ1v) is 5.87. The molecule has 0 saturated carbocycles. The van der Waals surface area contributed by atoms with Gasteiger partial charge in [0.2, 0.25) is 6.41 Å². The normalized spacial score (nSPS) is 10.3. The summed E-state index contributed by atoms with van der Waals surface area (Å²) in [5.41, 5.74) is 4.23. The van der Waals surface area contributed by atoms with Crippen molar-refractivity contribution in [3.63, 3.8) is 0 Å². The Balaban J connectivity index is 1.90. The first-order chi connectivity index (χ1) is 9.38. The van der Waals surface area contributed by atoms with Gasteiger partial charge >= 0.3 is 0 Å². The zero-order chi connectivity index (χ0) is 13.3. The van der Waals surface area contributed by atoms with Gasteiger partial charge in [-0.2, -0.15) is 5.10 Å². The molecule has 0 bridgehead atoms. The van der Waals surface area contributed by atoms with E-state index in [-0.39, 0.29) is 0 Å². The van der Waals surface area contributed by atoms with Gasteiger partial charge in [-0.3, -0.25) is 4.79 Å². The number of rotatable bonds is 6. The number of nitrogens with zero attached hydrogens (tertiary/aromatic N) is 1. The van der Waals surface area contributed by atoms with E-state index >= 15 is 0 Å². The largest absolute Gasteiger partial charge is 0.489 e. The van der Waals surface area contributed by atoms with Crippen LogP contribution in [0.1, 0.15) is 11.1 Å². The molecule has 0 radical (unpaired) electrons. The fraction of sp³-hybridized carbons (Fsp3) is 0.0667. The van der Waals surface area contributed by atoms with Crippen LogP contribution in [0.5, 0.6) is 5.75 Å². The smallest absolute Gasteiger partial charge is 0.227 e. The van der Waals surface area contributed by atoms with Crippen LogP contribution in [-0.4, -0.2) is 12.6 Å². The molecule has 0 aliphatic rings. The summed E-state index contributed by atoms with van der Waals surface area (Å²) >= 11 is 0. The lowest BCUT2D eigenvalue weighted by Gasteiger charge is -2.06. The van der Waals surface area contributed by atoms with E-state index in [1.54, 1.807) is 6.21 Å². The summed E-state index contributed by atoms with van der Waals surface area (Å²) in [6.07, 6.45) is 2.09. The Morgan fingerprint density at radius 3 is 2.47 bits per heavy atom. The average molecular weight is 254 g/mol. The van der Waals surface area contributed by atoms with Crippen molar-refractivity contribution in [3.8, 4) is 5.75 Å². The summed E-state index contributed by atoms with van der Waals surface area (Å²) in [7, 11) is 0. The molecule has 0 atom stereocenters. The minimum absolute atomic E-state index is 0.522. The molecule has 4 heteroatoms. The Labute approximate surface area is 111 Å². The standard InChI is InChI=1S/C15H14N2O2/c18-12-17-16-10-13-6-8-15(9-7-13)19-11-14-4-2-1-3-5-14/h1-10,12H,11H2,(H,17,18)/b16-10-. The summed E-state index contributed by atoms with van der Waals surface area (Å²) < 4.78 is 5.66. The number of hydrogen-bond acceptors (Lipinski definition) is 3. The van der Waals surface area contributed by atoms with E-state index in [4.69, 9.17) is 4.74 Å². The van der Waals surface area contributed by atoms with Crippen molar-refractivity contribution < 1.29 is 9.53 Å². The third-order valence-corrected chi connectivity index (χ3v) is 2.47. The number of benzene rings is 2. The molecule has 96 valence electrons. The van der Waals surface area contributed by atoms with Crippen LogP contribution in [0, 0.1) is 0 Å². The topological polar surface area (TPSA) is 50.7 Å². The molecule has 0 aliphatic carbocycles. The molecular weight excluding hydrogens is 240 g/mol. The number of nitrogens with one attached hydrogen (secondary N) is 1. The van der Waals surface area contributed by atoms with Gasteiger partial charge in [0.15, 0.2) is 0 Å². The number of amides is 1. The fourth-order valence-corrected chi connectivity index (χ4v) is 1.53. The lowest BCUT2D eigenvalue weighted by Crippen LogP contribution is -2.00. The van der Waals surface area contributed by atoms with Crippen molar-refractivity contribution >= 4 is 12.6 Å². The maximum Gasteiger partial charge on any atom is 0.227 e. The second kappa shape index (κ2) is 6.96. The maximum atomic E-state index is 10.0.